The van der Waals surface area contributed by atoms with Crippen LogP contribution in [0.2, 0.25) is 5.02 Å². The van der Waals surface area contributed by atoms with E-state index in [1.807, 2.05) is 23.1 Å². The summed E-state index contributed by atoms with van der Waals surface area (Å²) >= 11 is 6.56. The van der Waals surface area contributed by atoms with E-state index in [1.54, 1.807) is 12.4 Å². The molecule has 7 nitrogen and oxygen atoms in total. The second-order valence-electron chi connectivity index (χ2n) is 8.72. The minimum atomic E-state index is -0.157. The maximum Gasteiger partial charge on any atom is 0.293 e. The number of nitrogens with one attached hydrogen (secondary N) is 1. The molecule has 166 valence electrons. The first-order valence-electron chi connectivity index (χ1n) is 11.2. The van der Waals surface area contributed by atoms with Gasteiger partial charge < -0.3 is 14.7 Å². The molecular formula is C25H22ClN5O2. The van der Waals surface area contributed by atoms with Gasteiger partial charge in [0, 0.05) is 35.1 Å². The Balaban J connectivity index is 1.33. The fourth-order valence-corrected chi connectivity index (χ4v) is 4.23. The molecule has 2 aliphatic rings. The molecule has 2 saturated carbocycles. The molecule has 2 fully saturated rings. The van der Waals surface area contributed by atoms with Gasteiger partial charge in [-0.1, -0.05) is 28.9 Å². The van der Waals surface area contributed by atoms with Crippen molar-refractivity contribution in [2.45, 2.75) is 44.3 Å². The summed E-state index contributed by atoms with van der Waals surface area (Å²) in [6, 6.07) is 14.5. The van der Waals surface area contributed by atoms with Gasteiger partial charge in [0.2, 0.25) is 5.76 Å². The van der Waals surface area contributed by atoms with E-state index >= 15 is 0 Å². The van der Waals surface area contributed by atoms with Gasteiger partial charge in [-0.3, -0.25) is 4.79 Å². The number of hydrogen-bond acceptors (Lipinski definition) is 6. The van der Waals surface area contributed by atoms with Crippen molar-refractivity contribution in [2.24, 2.45) is 0 Å². The van der Waals surface area contributed by atoms with E-state index < -0.39 is 0 Å². The van der Waals surface area contributed by atoms with Crippen molar-refractivity contribution in [1.29, 1.82) is 0 Å². The molecule has 0 spiro atoms. The van der Waals surface area contributed by atoms with Gasteiger partial charge in [-0.05, 0) is 66.6 Å². The molecule has 0 saturated heterocycles. The summed E-state index contributed by atoms with van der Waals surface area (Å²) in [7, 11) is 0. The number of benzene rings is 2. The van der Waals surface area contributed by atoms with E-state index in [-0.39, 0.29) is 17.7 Å². The van der Waals surface area contributed by atoms with Crippen LogP contribution in [0.3, 0.4) is 0 Å². The summed E-state index contributed by atoms with van der Waals surface area (Å²) in [5, 5.41) is 8.81. The molecule has 8 heteroatoms. The van der Waals surface area contributed by atoms with Gasteiger partial charge in [0.1, 0.15) is 12.1 Å². The molecule has 6 rings (SSSR count). The van der Waals surface area contributed by atoms with Gasteiger partial charge >= 0.3 is 0 Å². The average Bonchev–Trinajstić information content (AvgIpc) is 3.77. The summed E-state index contributed by atoms with van der Waals surface area (Å²) in [5.74, 6) is 0.964. The van der Waals surface area contributed by atoms with Crippen LogP contribution in [0.4, 0.5) is 5.82 Å². The van der Waals surface area contributed by atoms with Crippen molar-refractivity contribution in [3.63, 3.8) is 0 Å². The largest absolute Gasteiger partial charge is 0.367 e. The summed E-state index contributed by atoms with van der Waals surface area (Å²) in [4.78, 5) is 23.7. The number of rotatable bonds is 7. The molecule has 0 unspecified atom stereocenters. The first-order chi connectivity index (χ1) is 16.2. The SMILES string of the molecule is O=C(c1ccno1)N(Cc1cc(-c2ccc3ncnc(NC4CC4)c3c2)ccc1Cl)C1CC1. The summed E-state index contributed by atoms with van der Waals surface area (Å²) in [5.41, 5.74) is 3.88. The van der Waals surface area contributed by atoms with Crippen molar-refractivity contribution in [2.75, 3.05) is 5.32 Å². The lowest BCUT2D eigenvalue weighted by Crippen LogP contribution is -2.32. The monoisotopic (exact) mass is 459 g/mol. The van der Waals surface area contributed by atoms with Crippen LogP contribution >= 0.6 is 11.6 Å². The van der Waals surface area contributed by atoms with Crippen molar-refractivity contribution in [1.82, 2.24) is 20.0 Å². The summed E-state index contributed by atoms with van der Waals surface area (Å²) < 4.78 is 5.11. The molecule has 0 atom stereocenters. The highest BCUT2D eigenvalue weighted by atomic mass is 35.5. The number of fused-ring (bicyclic) bond motifs is 1. The summed E-state index contributed by atoms with van der Waals surface area (Å²) in [6.07, 6.45) is 7.41. The number of aromatic nitrogens is 3. The number of hydrogen-bond donors (Lipinski definition) is 1. The highest BCUT2D eigenvalue weighted by Gasteiger charge is 2.34. The van der Waals surface area contributed by atoms with Crippen molar-refractivity contribution < 1.29 is 9.32 Å². The van der Waals surface area contributed by atoms with E-state index in [0.29, 0.717) is 17.6 Å². The normalized spacial score (nSPS) is 15.5. The third kappa shape index (κ3) is 4.16. The van der Waals surface area contributed by atoms with Crippen LogP contribution in [-0.2, 0) is 6.54 Å². The zero-order chi connectivity index (χ0) is 22.4. The van der Waals surface area contributed by atoms with Gasteiger partial charge in [-0.2, -0.15) is 0 Å². The number of nitrogens with zero attached hydrogens (tertiary/aromatic N) is 4. The number of carbonyl (C=O) groups is 1. The van der Waals surface area contributed by atoms with Crippen LogP contribution in [-0.4, -0.2) is 38.0 Å². The van der Waals surface area contributed by atoms with Crippen molar-refractivity contribution >= 4 is 34.2 Å². The second kappa shape index (κ2) is 8.15. The molecule has 1 amide bonds. The smallest absolute Gasteiger partial charge is 0.293 e. The maximum absolute atomic E-state index is 13.0. The van der Waals surface area contributed by atoms with Gasteiger partial charge in [0.25, 0.3) is 5.91 Å². The van der Waals surface area contributed by atoms with Crippen LogP contribution in [0.1, 0.15) is 41.8 Å². The molecule has 2 aromatic heterocycles. The standard InChI is InChI=1S/C25H22ClN5O2/c26-21-7-1-15(11-17(21)13-31(19-5-6-19)25(32)23-9-10-29-33-23)16-2-8-22-20(12-16)24(28-14-27-22)30-18-3-4-18/h1-2,7-12,14,18-19H,3-6,13H2,(H,27,28,30). The maximum atomic E-state index is 13.0. The van der Waals surface area contributed by atoms with Gasteiger partial charge in [0.05, 0.1) is 11.7 Å². The quantitative estimate of drug-likeness (QED) is 0.402. The first-order valence-corrected chi connectivity index (χ1v) is 11.6. The molecule has 4 aromatic rings. The van der Waals surface area contributed by atoms with Crippen LogP contribution in [0.25, 0.3) is 22.0 Å². The van der Waals surface area contributed by atoms with Gasteiger partial charge in [-0.25, -0.2) is 9.97 Å². The van der Waals surface area contributed by atoms with E-state index in [1.165, 1.54) is 19.0 Å². The first kappa shape index (κ1) is 20.2. The summed E-state index contributed by atoms with van der Waals surface area (Å²) in [6.45, 7) is 0.419. The molecule has 2 aliphatic carbocycles. The molecular weight excluding hydrogens is 438 g/mol. The molecule has 2 heterocycles. The Morgan fingerprint density at radius 1 is 1.06 bits per heavy atom. The molecule has 33 heavy (non-hydrogen) atoms. The Hall–Kier alpha value is -3.45. The number of amides is 1. The minimum absolute atomic E-state index is 0.157. The van der Waals surface area contributed by atoms with Crippen LogP contribution in [0, 0.1) is 0 Å². The van der Waals surface area contributed by atoms with E-state index in [9.17, 15) is 4.79 Å². The third-order valence-corrected chi connectivity index (χ3v) is 6.54. The fourth-order valence-electron chi connectivity index (χ4n) is 4.05. The highest BCUT2D eigenvalue weighted by molar-refractivity contribution is 6.31. The Kier molecular flexibility index (Phi) is 4.99. The van der Waals surface area contributed by atoms with Crippen LogP contribution < -0.4 is 5.32 Å². The molecule has 0 radical (unpaired) electrons. The third-order valence-electron chi connectivity index (χ3n) is 6.17. The van der Waals surface area contributed by atoms with Gasteiger partial charge in [-0.15, -0.1) is 0 Å². The lowest BCUT2D eigenvalue weighted by Gasteiger charge is -2.22. The van der Waals surface area contributed by atoms with Crippen LogP contribution in [0.15, 0.2) is 59.5 Å². The number of halogens is 1. The minimum Gasteiger partial charge on any atom is -0.367 e. The molecule has 0 bridgehead atoms. The Morgan fingerprint density at radius 2 is 1.88 bits per heavy atom. The Bertz CT molecular complexity index is 1330. The molecule has 0 aliphatic heterocycles. The molecule has 1 N–H and O–H groups in total. The number of anilines is 1. The van der Waals surface area contributed by atoms with E-state index in [4.69, 9.17) is 16.1 Å². The average molecular weight is 460 g/mol. The Labute approximate surface area is 195 Å². The topological polar surface area (TPSA) is 84.2 Å². The Morgan fingerprint density at radius 3 is 2.64 bits per heavy atom. The van der Waals surface area contributed by atoms with E-state index in [2.05, 4.69) is 38.6 Å². The van der Waals surface area contributed by atoms with Crippen molar-refractivity contribution in [3.8, 4) is 11.1 Å². The zero-order valence-electron chi connectivity index (χ0n) is 17.9. The lowest BCUT2D eigenvalue weighted by atomic mass is 10.0. The predicted molar refractivity (Wildman–Crippen MR) is 126 cm³/mol. The predicted octanol–water partition coefficient (Wildman–Crippen LogP) is 5.32. The van der Waals surface area contributed by atoms with Gasteiger partial charge in [0.15, 0.2) is 0 Å². The van der Waals surface area contributed by atoms with Crippen molar-refractivity contribution in [3.05, 3.63) is 71.3 Å². The number of carbonyl (C=O) groups excluding carboxylic acids is 1. The van der Waals surface area contributed by atoms with Crippen LogP contribution in [0.5, 0.6) is 0 Å². The zero-order valence-corrected chi connectivity index (χ0v) is 18.6. The second-order valence-corrected chi connectivity index (χ2v) is 9.13. The highest BCUT2D eigenvalue weighted by Crippen LogP contribution is 2.34. The fraction of sp³-hybridized carbons (Fsp3) is 0.280. The van der Waals surface area contributed by atoms with E-state index in [0.717, 1.165) is 46.3 Å². The molecule has 2 aromatic carbocycles. The lowest BCUT2D eigenvalue weighted by molar-refractivity contribution is 0.0687.